The minimum atomic E-state index is -0.575. The van der Waals surface area contributed by atoms with Crippen molar-refractivity contribution in [1.29, 1.82) is 0 Å². The highest BCUT2D eigenvalue weighted by atomic mass is 16.6. The highest BCUT2D eigenvalue weighted by Crippen LogP contribution is 2.58. The minimum Gasteiger partial charge on any atom is -0.393 e. The van der Waals surface area contributed by atoms with E-state index >= 15 is 0 Å². The first-order valence-electron chi connectivity index (χ1n) is 5.20. The van der Waals surface area contributed by atoms with Crippen LogP contribution in [0.15, 0.2) is 0 Å². The van der Waals surface area contributed by atoms with E-state index in [2.05, 4.69) is 0 Å². The Morgan fingerprint density at radius 2 is 1.85 bits per heavy atom. The molecule has 1 saturated heterocycles. The van der Waals surface area contributed by atoms with Crippen molar-refractivity contribution in [3.05, 3.63) is 0 Å². The smallest absolute Gasteiger partial charge is 0.155 e. The number of rotatable bonds is 1. The van der Waals surface area contributed by atoms with Crippen LogP contribution in [-0.2, 0) is 4.74 Å². The van der Waals surface area contributed by atoms with Gasteiger partial charge in [-0.15, -0.1) is 0 Å². The number of ether oxygens (including phenoxy) is 1. The molecular formula is C10H16O3. The van der Waals surface area contributed by atoms with Crippen LogP contribution in [0, 0.1) is 11.3 Å². The molecule has 74 valence electrons. The van der Waals surface area contributed by atoms with E-state index in [1.807, 2.05) is 0 Å². The zero-order valence-corrected chi connectivity index (χ0v) is 7.65. The van der Waals surface area contributed by atoms with Gasteiger partial charge in [-0.2, -0.15) is 0 Å². The van der Waals surface area contributed by atoms with Crippen molar-refractivity contribution >= 4 is 0 Å². The van der Waals surface area contributed by atoms with Gasteiger partial charge in [-0.25, -0.2) is 0 Å². The van der Waals surface area contributed by atoms with Crippen molar-refractivity contribution in [3.63, 3.8) is 0 Å². The lowest BCUT2D eigenvalue weighted by Crippen LogP contribution is -2.35. The minimum absolute atomic E-state index is 0.126. The van der Waals surface area contributed by atoms with Gasteiger partial charge < -0.3 is 14.9 Å². The summed E-state index contributed by atoms with van der Waals surface area (Å²) < 4.78 is 5.45. The Bertz CT molecular complexity index is 224. The van der Waals surface area contributed by atoms with Gasteiger partial charge in [0.2, 0.25) is 0 Å². The third kappa shape index (κ3) is 1.39. The lowest BCUT2D eigenvalue weighted by Gasteiger charge is -2.33. The summed E-state index contributed by atoms with van der Waals surface area (Å²) in [5.41, 5.74) is 0.393. The zero-order valence-electron chi connectivity index (χ0n) is 7.65. The SMILES string of the molecule is OC1CC2(CC2)C[C@@H](C2CC2O)O1. The van der Waals surface area contributed by atoms with Crippen LogP contribution >= 0.6 is 0 Å². The molecule has 3 nitrogen and oxygen atoms in total. The molecular weight excluding hydrogens is 168 g/mol. The van der Waals surface area contributed by atoms with E-state index in [9.17, 15) is 10.2 Å². The molecule has 3 rings (SSSR count). The van der Waals surface area contributed by atoms with Crippen molar-refractivity contribution in [2.45, 2.75) is 50.6 Å². The van der Waals surface area contributed by atoms with Gasteiger partial charge in [0.1, 0.15) is 0 Å². The average molecular weight is 184 g/mol. The normalized spacial score (nSPS) is 52.2. The molecule has 3 aliphatic rings. The summed E-state index contributed by atoms with van der Waals surface area (Å²) in [6.45, 7) is 0. The van der Waals surface area contributed by atoms with E-state index < -0.39 is 6.29 Å². The van der Waals surface area contributed by atoms with E-state index in [1.54, 1.807) is 0 Å². The Labute approximate surface area is 77.7 Å². The molecule has 3 fully saturated rings. The molecule has 4 atom stereocenters. The molecule has 1 aliphatic heterocycles. The predicted molar refractivity (Wildman–Crippen MR) is 45.9 cm³/mol. The second kappa shape index (κ2) is 2.47. The second-order valence-corrected chi connectivity index (χ2v) is 5.00. The maximum atomic E-state index is 9.51. The topological polar surface area (TPSA) is 49.7 Å². The van der Waals surface area contributed by atoms with Crippen LogP contribution in [0.3, 0.4) is 0 Å². The molecule has 2 aliphatic carbocycles. The molecule has 0 radical (unpaired) electrons. The van der Waals surface area contributed by atoms with Gasteiger partial charge in [-0.3, -0.25) is 0 Å². The number of aliphatic hydroxyl groups excluding tert-OH is 2. The Hall–Kier alpha value is -0.120. The standard InChI is InChI=1S/C10H16O3/c11-7-3-6(7)8-4-10(1-2-10)5-9(12)13-8/h6-9,11-12H,1-5H2/t6?,7?,8-,9?/m0/s1. The van der Waals surface area contributed by atoms with Gasteiger partial charge in [0.25, 0.3) is 0 Å². The summed E-state index contributed by atoms with van der Waals surface area (Å²) in [6, 6.07) is 0. The van der Waals surface area contributed by atoms with Crippen molar-refractivity contribution in [2.75, 3.05) is 0 Å². The molecule has 2 saturated carbocycles. The molecule has 0 aromatic rings. The predicted octanol–water partition coefficient (Wildman–Crippen LogP) is 0.645. The molecule has 3 unspecified atom stereocenters. The third-order valence-corrected chi connectivity index (χ3v) is 3.81. The van der Waals surface area contributed by atoms with Gasteiger partial charge in [0.15, 0.2) is 6.29 Å². The van der Waals surface area contributed by atoms with Crippen LogP contribution in [0.1, 0.15) is 32.1 Å². The van der Waals surface area contributed by atoms with Gasteiger partial charge in [0.05, 0.1) is 12.2 Å². The van der Waals surface area contributed by atoms with Gasteiger partial charge in [-0.1, -0.05) is 0 Å². The van der Waals surface area contributed by atoms with Crippen LogP contribution in [0.2, 0.25) is 0 Å². The molecule has 1 heterocycles. The molecule has 2 N–H and O–H groups in total. The summed E-state index contributed by atoms with van der Waals surface area (Å²) in [4.78, 5) is 0. The van der Waals surface area contributed by atoms with Crippen LogP contribution < -0.4 is 0 Å². The van der Waals surface area contributed by atoms with Crippen molar-refractivity contribution in [1.82, 2.24) is 0 Å². The van der Waals surface area contributed by atoms with Crippen LogP contribution in [0.5, 0.6) is 0 Å². The molecule has 0 bridgehead atoms. The Kier molecular flexibility index (Phi) is 1.56. The summed E-state index contributed by atoms with van der Waals surface area (Å²) in [7, 11) is 0. The number of aliphatic hydroxyl groups is 2. The molecule has 13 heavy (non-hydrogen) atoms. The van der Waals surface area contributed by atoms with Crippen molar-refractivity contribution < 1.29 is 14.9 Å². The van der Waals surface area contributed by atoms with Crippen LogP contribution in [-0.4, -0.2) is 28.7 Å². The Morgan fingerprint density at radius 3 is 2.38 bits per heavy atom. The third-order valence-electron chi connectivity index (χ3n) is 3.81. The van der Waals surface area contributed by atoms with Crippen molar-refractivity contribution in [3.8, 4) is 0 Å². The summed E-state index contributed by atoms with van der Waals surface area (Å²) in [5.74, 6) is 0.312. The second-order valence-electron chi connectivity index (χ2n) is 5.00. The maximum absolute atomic E-state index is 9.51. The van der Waals surface area contributed by atoms with Crippen molar-refractivity contribution in [2.24, 2.45) is 11.3 Å². The molecule has 3 heteroatoms. The quantitative estimate of drug-likeness (QED) is 0.629. The monoisotopic (exact) mass is 184 g/mol. The number of hydrogen-bond donors (Lipinski definition) is 2. The first-order valence-corrected chi connectivity index (χ1v) is 5.20. The van der Waals surface area contributed by atoms with E-state index in [0.29, 0.717) is 11.3 Å². The molecule has 0 amide bonds. The Morgan fingerprint density at radius 1 is 1.15 bits per heavy atom. The first kappa shape index (κ1) is 8.21. The molecule has 0 aromatic carbocycles. The number of hydrogen-bond acceptors (Lipinski definition) is 3. The lowest BCUT2D eigenvalue weighted by atomic mass is 9.89. The Balaban J connectivity index is 1.68. The average Bonchev–Trinajstić information content (AvgIpc) is 2.91. The fourth-order valence-electron chi connectivity index (χ4n) is 2.62. The van der Waals surface area contributed by atoms with Gasteiger partial charge in [0, 0.05) is 12.3 Å². The molecule has 1 spiro atoms. The van der Waals surface area contributed by atoms with Gasteiger partial charge in [-0.05, 0) is 31.1 Å². The fraction of sp³-hybridized carbons (Fsp3) is 1.00. The lowest BCUT2D eigenvalue weighted by molar-refractivity contribution is -0.189. The van der Waals surface area contributed by atoms with Gasteiger partial charge >= 0.3 is 0 Å². The first-order chi connectivity index (χ1) is 6.19. The van der Waals surface area contributed by atoms with E-state index in [-0.39, 0.29) is 12.2 Å². The van der Waals surface area contributed by atoms with E-state index in [0.717, 1.165) is 19.3 Å². The fourth-order valence-corrected chi connectivity index (χ4v) is 2.62. The molecule has 0 aromatic heterocycles. The highest BCUT2D eigenvalue weighted by molar-refractivity contribution is 5.03. The largest absolute Gasteiger partial charge is 0.393 e. The summed E-state index contributed by atoms with van der Waals surface area (Å²) in [5, 5.41) is 18.8. The van der Waals surface area contributed by atoms with E-state index in [1.165, 1.54) is 12.8 Å². The summed E-state index contributed by atoms with van der Waals surface area (Å²) >= 11 is 0. The van der Waals surface area contributed by atoms with Crippen LogP contribution in [0.4, 0.5) is 0 Å². The van der Waals surface area contributed by atoms with E-state index in [4.69, 9.17) is 4.74 Å². The summed E-state index contributed by atoms with van der Waals surface area (Å²) in [6.07, 6.45) is 4.62. The maximum Gasteiger partial charge on any atom is 0.155 e. The highest BCUT2D eigenvalue weighted by Gasteiger charge is 2.54. The van der Waals surface area contributed by atoms with Crippen LogP contribution in [0.25, 0.3) is 0 Å². The zero-order chi connectivity index (χ0) is 9.05.